The van der Waals surface area contributed by atoms with Crippen LogP contribution in [-0.2, 0) is 0 Å². The maximum Gasteiger partial charge on any atom is 0.165 e. The Bertz CT molecular complexity index is 3800. The molecule has 0 bridgehead atoms. The molecule has 5 heteroatoms. The number of para-hydroxylation sites is 2. The van der Waals surface area contributed by atoms with Gasteiger partial charge in [0.05, 0.1) is 17.9 Å². The summed E-state index contributed by atoms with van der Waals surface area (Å²) in [6.45, 7) is 0. The van der Waals surface area contributed by atoms with Crippen molar-refractivity contribution >= 4 is 74.9 Å². The van der Waals surface area contributed by atoms with E-state index in [2.05, 4.69) is 138 Å². The van der Waals surface area contributed by atoms with E-state index < -0.39 is 18.1 Å². The van der Waals surface area contributed by atoms with E-state index in [4.69, 9.17) is 21.8 Å². The van der Waals surface area contributed by atoms with Crippen molar-refractivity contribution in [1.82, 2.24) is 19.5 Å². The van der Waals surface area contributed by atoms with Gasteiger partial charge in [0.15, 0.2) is 17.5 Å². The minimum Gasteiger partial charge on any atom is -0.309 e. The molecular weight excluding hydrogens is 725 g/mol. The molecule has 3 aromatic heterocycles. The van der Waals surface area contributed by atoms with Crippen molar-refractivity contribution in [2.75, 3.05) is 0 Å². The Morgan fingerprint density at radius 1 is 0.414 bits per heavy atom. The number of hydrogen-bond acceptors (Lipinski definition) is 4. The largest absolute Gasteiger partial charge is 0.309 e. The van der Waals surface area contributed by atoms with Gasteiger partial charge in [0.25, 0.3) is 0 Å². The first kappa shape index (κ1) is 28.0. The van der Waals surface area contributed by atoms with E-state index in [1.165, 1.54) is 21.5 Å². The highest BCUT2D eigenvalue weighted by Crippen LogP contribution is 2.44. The molecule has 0 saturated carbocycles. The molecular formula is C53H32N4S. The summed E-state index contributed by atoms with van der Waals surface area (Å²) >= 11 is 1.65. The van der Waals surface area contributed by atoms with Crippen LogP contribution in [0.2, 0.25) is 0 Å². The van der Waals surface area contributed by atoms with Crippen LogP contribution in [0.25, 0.3) is 115 Å². The molecule has 12 aromatic rings. The van der Waals surface area contributed by atoms with Gasteiger partial charge in [-0.1, -0.05) is 152 Å². The average Bonchev–Trinajstić information content (AvgIpc) is 3.88. The lowest BCUT2D eigenvalue weighted by molar-refractivity contribution is 1.07. The number of fused-ring (bicyclic) bond motifs is 9. The van der Waals surface area contributed by atoms with Crippen molar-refractivity contribution in [3.63, 3.8) is 0 Å². The molecule has 270 valence electrons. The van der Waals surface area contributed by atoms with Gasteiger partial charge in [-0.05, 0) is 75.1 Å². The van der Waals surface area contributed by atoms with Crippen LogP contribution < -0.4 is 0 Å². The summed E-state index contributed by atoms with van der Waals surface area (Å²) in [6, 6.07) is 54.7. The molecule has 0 unspecified atom stereocenters. The van der Waals surface area contributed by atoms with Crippen LogP contribution in [0, 0.1) is 0 Å². The first-order valence-corrected chi connectivity index (χ1v) is 19.9. The Labute approximate surface area is 345 Å². The van der Waals surface area contributed by atoms with Gasteiger partial charge >= 0.3 is 0 Å². The lowest BCUT2D eigenvalue weighted by Crippen LogP contribution is -2.01. The van der Waals surface area contributed by atoms with Crippen LogP contribution in [0.4, 0.5) is 0 Å². The average molecular weight is 762 g/mol. The van der Waals surface area contributed by atoms with Crippen LogP contribution >= 0.6 is 11.3 Å². The second kappa shape index (κ2) is 13.1. The van der Waals surface area contributed by atoms with Gasteiger partial charge in [-0.15, -0.1) is 11.3 Å². The highest BCUT2D eigenvalue weighted by molar-refractivity contribution is 7.26. The third-order valence-electron chi connectivity index (χ3n) is 11.1. The van der Waals surface area contributed by atoms with E-state index in [9.17, 15) is 0 Å². The smallest absolute Gasteiger partial charge is 0.165 e. The van der Waals surface area contributed by atoms with Crippen LogP contribution in [0.1, 0.15) is 6.85 Å². The molecule has 0 amide bonds. The van der Waals surface area contributed by atoms with Crippen molar-refractivity contribution in [1.29, 1.82) is 0 Å². The van der Waals surface area contributed by atoms with E-state index in [-0.39, 0.29) is 23.5 Å². The normalized spacial score (nSPS) is 13.0. The zero-order valence-electron chi connectivity index (χ0n) is 35.8. The van der Waals surface area contributed by atoms with Crippen LogP contribution in [0.5, 0.6) is 0 Å². The number of thiophene rings is 1. The summed E-state index contributed by atoms with van der Waals surface area (Å²) in [6.07, 6.45) is 0. The van der Waals surface area contributed by atoms with Gasteiger partial charge in [0, 0.05) is 53.3 Å². The van der Waals surface area contributed by atoms with Gasteiger partial charge in [0.1, 0.15) is 0 Å². The quantitative estimate of drug-likeness (QED) is 0.164. The lowest BCUT2D eigenvalue weighted by Gasteiger charge is -2.13. The number of aromatic nitrogens is 4. The summed E-state index contributed by atoms with van der Waals surface area (Å²) in [7, 11) is 0. The number of benzene rings is 9. The third-order valence-corrected chi connectivity index (χ3v) is 12.3. The van der Waals surface area contributed by atoms with Gasteiger partial charge in [0.2, 0.25) is 0 Å². The molecule has 0 saturated heterocycles. The zero-order chi connectivity index (χ0) is 42.5. The Kier molecular flexibility index (Phi) is 6.30. The minimum atomic E-state index is -0.478. The van der Waals surface area contributed by atoms with Crippen molar-refractivity contribution in [2.24, 2.45) is 0 Å². The topological polar surface area (TPSA) is 43.6 Å². The van der Waals surface area contributed by atoms with E-state index in [0.717, 1.165) is 64.4 Å². The molecule has 3 heterocycles. The highest BCUT2D eigenvalue weighted by atomic mass is 32.1. The van der Waals surface area contributed by atoms with Crippen LogP contribution in [0.15, 0.2) is 194 Å². The Morgan fingerprint density at radius 2 is 1.03 bits per heavy atom. The fraction of sp³-hybridized carbons (Fsp3) is 0. The molecule has 0 radical (unpaired) electrons. The van der Waals surface area contributed by atoms with Gasteiger partial charge in [-0.2, -0.15) is 0 Å². The predicted molar refractivity (Wildman–Crippen MR) is 244 cm³/mol. The number of rotatable bonds is 5. The monoisotopic (exact) mass is 761 g/mol. The molecule has 4 nitrogen and oxygen atoms in total. The summed E-state index contributed by atoms with van der Waals surface area (Å²) in [5.74, 6) is 0.649. The molecule has 0 aliphatic rings. The number of nitrogens with zero attached hydrogens (tertiary/aromatic N) is 4. The maximum atomic E-state index is 8.91. The van der Waals surface area contributed by atoms with E-state index in [1.54, 1.807) is 11.3 Å². The molecule has 58 heavy (non-hydrogen) atoms. The zero-order valence-corrected chi connectivity index (χ0v) is 31.6. The molecule has 12 rings (SSSR count). The second-order valence-electron chi connectivity index (χ2n) is 14.4. The van der Waals surface area contributed by atoms with Gasteiger partial charge in [-0.25, -0.2) is 15.0 Å². The Hall–Kier alpha value is -7.47. The van der Waals surface area contributed by atoms with Crippen molar-refractivity contribution in [3.05, 3.63) is 194 Å². The Balaban J connectivity index is 1.15. The molecule has 0 fully saturated rings. The van der Waals surface area contributed by atoms with Crippen molar-refractivity contribution in [3.8, 4) is 51.0 Å². The standard InChI is InChI=1S/C53H32N4S/c1-3-14-34(15-4-1)51-54-52(35-16-5-2-6-17-35)56-53(55-51)46-32-39(57-47-21-11-9-19-42(47)43-20-10-12-22-48(43)57)31-45-44-30-37(26-28-49(44)58-50(45)46)36-25-27-41-38(29-36)24-23-33-13-7-8-18-40(33)41/h1-32H/i1D,3D,4D,14D,15D. The van der Waals surface area contributed by atoms with E-state index in [1.807, 2.05) is 30.3 Å². The molecule has 0 N–H and O–H groups in total. The third kappa shape index (κ3) is 5.25. The lowest BCUT2D eigenvalue weighted by atomic mass is 9.96. The van der Waals surface area contributed by atoms with Crippen molar-refractivity contribution in [2.45, 2.75) is 0 Å². The van der Waals surface area contributed by atoms with E-state index >= 15 is 0 Å². The minimum absolute atomic E-state index is 0.00116. The fourth-order valence-electron chi connectivity index (χ4n) is 8.42. The Morgan fingerprint density at radius 3 is 1.83 bits per heavy atom. The molecule has 9 aromatic carbocycles. The molecule has 0 spiro atoms. The highest BCUT2D eigenvalue weighted by Gasteiger charge is 2.21. The molecule has 0 aliphatic carbocycles. The summed E-state index contributed by atoms with van der Waals surface area (Å²) < 4.78 is 47.4. The first-order chi connectivity index (χ1) is 30.8. The molecule has 0 aliphatic heterocycles. The summed E-state index contributed by atoms with van der Waals surface area (Å²) in [5.41, 5.74) is 6.57. The van der Waals surface area contributed by atoms with Gasteiger partial charge < -0.3 is 4.57 Å². The van der Waals surface area contributed by atoms with Gasteiger partial charge in [-0.3, -0.25) is 0 Å². The second-order valence-corrected chi connectivity index (χ2v) is 15.5. The number of hydrogen-bond donors (Lipinski definition) is 0. The molecule has 0 atom stereocenters. The van der Waals surface area contributed by atoms with Crippen LogP contribution in [0.3, 0.4) is 0 Å². The predicted octanol–water partition coefficient (Wildman–Crippen LogP) is 14.3. The van der Waals surface area contributed by atoms with Crippen LogP contribution in [-0.4, -0.2) is 19.5 Å². The summed E-state index contributed by atoms with van der Waals surface area (Å²) in [4.78, 5) is 15.0. The van der Waals surface area contributed by atoms with Crippen molar-refractivity contribution < 1.29 is 6.85 Å². The maximum absolute atomic E-state index is 8.91. The first-order valence-electron chi connectivity index (χ1n) is 21.6. The fourth-order valence-corrected chi connectivity index (χ4v) is 9.59. The summed E-state index contributed by atoms with van der Waals surface area (Å²) in [5, 5.41) is 9.20. The van der Waals surface area contributed by atoms with E-state index in [0.29, 0.717) is 17.2 Å². The SMILES string of the molecule is [2H]c1c([2H])c([2H])c(-c2nc(-c3ccccc3)nc(-c3cc(-n4c5ccccc5c5ccccc54)cc4c3sc3ccc(-c5ccc6c(ccc7ccccc76)c5)cc34)n2)c([2H])c1[2H].